The second kappa shape index (κ2) is 8.19. The third-order valence-electron chi connectivity index (χ3n) is 4.57. The summed E-state index contributed by atoms with van der Waals surface area (Å²) in [6.45, 7) is 4.69. The normalized spacial score (nSPS) is 23.1. The van der Waals surface area contributed by atoms with Gasteiger partial charge in [-0.1, -0.05) is 49.0 Å². The van der Waals surface area contributed by atoms with Crippen molar-refractivity contribution in [1.82, 2.24) is 5.32 Å². The number of quaternary nitrogens is 1. The maximum Gasteiger partial charge on any atom is 0.275 e. The van der Waals surface area contributed by atoms with Crippen LogP contribution in [-0.2, 0) is 4.79 Å². The Labute approximate surface area is 142 Å². The van der Waals surface area contributed by atoms with E-state index in [0.29, 0.717) is 28.5 Å². The zero-order chi connectivity index (χ0) is 16.1. The van der Waals surface area contributed by atoms with Gasteiger partial charge in [0.1, 0.15) is 6.04 Å². The largest absolute Gasteiger partial charge is 0.348 e. The third kappa shape index (κ3) is 4.87. The molecule has 1 aliphatic carbocycles. The van der Waals surface area contributed by atoms with Gasteiger partial charge >= 0.3 is 0 Å². The van der Waals surface area contributed by atoms with Crippen molar-refractivity contribution in [2.24, 2.45) is 5.92 Å². The summed E-state index contributed by atoms with van der Waals surface area (Å²) in [6, 6.07) is 5.96. The molecule has 1 amide bonds. The molecule has 0 unspecified atom stereocenters. The van der Waals surface area contributed by atoms with Crippen molar-refractivity contribution < 1.29 is 10.1 Å². The van der Waals surface area contributed by atoms with Crippen LogP contribution in [0.2, 0.25) is 10.0 Å². The van der Waals surface area contributed by atoms with Crippen molar-refractivity contribution in [3.63, 3.8) is 0 Å². The lowest BCUT2D eigenvalue weighted by Crippen LogP contribution is -2.87. The van der Waals surface area contributed by atoms with Crippen LogP contribution in [-0.4, -0.2) is 18.5 Å². The summed E-state index contributed by atoms with van der Waals surface area (Å²) in [5.74, 6) is 0.691. The Kier molecular flexibility index (Phi) is 6.54. The predicted molar refractivity (Wildman–Crippen MR) is 91.2 cm³/mol. The molecule has 0 spiro atoms. The molecule has 1 aliphatic rings. The monoisotopic (exact) mass is 343 g/mol. The zero-order valence-corrected chi connectivity index (χ0v) is 14.8. The zero-order valence-electron chi connectivity index (χ0n) is 13.2. The SMILES string of the molecule is C[C@H]([NH2+]CC(=O)N[C@H]1CCCC[C@@H]1C)c1ccc(Cl)cc1Cl. The minimum atomic E-state index is 0.107. The van der Waals surface area contributed by atoms with Gasteiger partial charge in [-0.2, -0.15) is 0 Å². The first-order valence-electron chi connectivity index (χ1n) is 8.05. The molecule has 0 saturated heterocycles. The van der Waals surface area contributed by atoms with Gasteiger partial charge in [0.2, 0.25) is 0 Å². The standard InChI is InChI=1S/C17H24Cl2N2O/c1-11-5-3-4-6-16(11)21-17(22)10-20-12(2)14-8-7-13(18)9-15(14)19/h7-9,11-12,16,20H,3-6,10H2,1-2H3,(H,21,22)/p+1/t11-,12-,16-/m0/s1. The minimum Gasteiger partial charge on any atom is -0.348 e. The summed E-state index contributed by atoms with van der Waals surface area (Å²) in [4.78, 5) is 12.1. The second-order valence-corrected chi connectivity index (χ2v) is 7.17. The molecule has 0 aliphatic heterocycles. The molecule has 3 N–H and O–H groups in total. The lowest BCUT2D eigenvalue weighted by atomic mass is 9.86. The van der Waals surface area contributed by atoms with E-state index in [2.05, 4.69) is 12.2 Å². The highest BCUT2D eigenvalue weighted by molar-refractivity contribution is 6.35. The van der Waals surface area contributed by atoms with E-state index in [-0.39, 0.29) is 11.9 Å². The van der Waals surface area contributed by atoms with Crippen molar-refractivity contribution in [3.8, 4) is 0 Å². The summed E-state index contributed by atoms with van der Waals surface area (Å²) >= 11 is 12.1. The lowest BCUT2D eigenvalue weighted by molar-refractivity contribution is -0.682. The maximum atomic E-state index is 12.1. The molecule has 2 rings (SSSR count). The molecule has 0 bridgehead atoms. The van der Waals surface area contributed by atoms with Gasteiger partial charge in [-0.15, -0.1) is 0 Å². The number of carbonyl (C=O) groups is 1. The van der Waals surface area contributed by atoms with Gasteiger partial charge in [-0.3, -0.25) is 4.79 Å². The fourth-order valence-corrected chi connectivity index (χ4v) is 3.66. The average molecular weight is 344 g/mol. The van der Waals surface area contributed by atoms with Gasteiger partial charge in [-0.05, 0) is 37.8 Å². The van der Waals surface area contributed by atoms with E-state index in [1.165, 1.54) is 19.3 Å². The Morgan fingerprint density at radius 3 is 2.77 bits per heavy atom. The average Bonchev–Trinajstić information content (AvgIpc) is 2.47. The Morgan fingerprint density at radius 2 is 2.09 bits per heavy atom. The van der Waals surface area contributed by atoms with E-state index in [1.54, 1.807) is 6.07 Å². The molecule has 0 aromatic heterocycles. The molecule has 1 aromatic carbocycles. The van der Waals surface area contributed by atoms with Crippen LogP contribution in [0.15, 0.2) is 18.2 Å². The van der Waals surface area contributed by atoms with Gasteiger partial charge in [0.05, 0.1) is 5.02 Å². The van der Waals surface area contributed by atoms with Crippen LogP contribution in [0.25, 0.3) is 0 Å². The molecular formula is C17H25Cl2N2O+. The van der Waals surface area contributed by atoms with Crippen LogP contribution in [0.4, 0.5) is 0 Å². The van der Waals surface area contributed by atoms with Crippen LogP contribution in [0.3, 0.4) is 0 Å². The summed E-state index contributed by atoms with van der Waals surface area (Å²) in [5, 5.41) is 6.47. The number of hydrogen-bond donors (Lipinski definition) is 2. The molecule has 3 nitrogen and oxygen atoms in total. The van der Waals surface area contributed by atoms with Gasteiger partial charge < -0.3 is 10.6 Å². The molecule has 5 heteroatoms. The highest BCUT2D eigenvalue weighted by atomic mass is 35.5. The summed E-state index contributed by atoms with van der Waals surface area (Å²) < 4.78 is 0. The Balaban J connectivity index is 1.82. The predicted octanol–water partition coefficient (Wildman–Crippen LogP) is 3.31. The first kappa shape index (κ1) is 17.6. The smallest absolute Gasteiger partial charge is 0.275 e. The summed E-state index contributed by atoms with van der Waals surface area (Å²) in [5.41, 5.74) is 1.00. The number of rotatable bonds is 5. The number of hydrogen-bond acceptors (Lipinski definition) is 1. The fraction of sp³-hybridized carbons (Fsp3) is 0.588. The first-order chi connectivity index (χ1) is 10.5. The van der Waals surface area contributed by atoms with Crippen LogP contribution >= 0.6 is 23.2 Å². The molecule has 122 valence electrons. The number of benzene rings is 1. The van der Waals surface area contributed by atoms with Gasteiger partial charge in [0, 0.05) is 16.6 Å². The number of nitrogens with one attached hydrogen (secondary N) is 1. The van der Waals surface area contributed by atoms with Crippen LogP contribution in [0.5, 0.6) is 0 Å². The van der Waals surface area contributed by atoms with E-state index < -0.39 is 0 Å². The highest BCUT2D eigenvalue weighted by Crippen LogP contribution is 2.25. The summed E-state index contributed by atoms with van der Waals surface area (Å²) in [6.07, 6.45) is 4.82. The molecule has 1 saturated carbocycles. The lowest BCUT2D eigenvalue weighted by Gasteiger charge is -2.29. The topological polar surface area (TPSA) is 45.7 Å². The number of carbonyl (C=O) groups excluding carboxylic acids is 1. The highest BCUT2D eigenvalue weighted by Gasteiger charge is 2.23. The van der Waals surface area contributed by atoms with E-state index in [1.807, 2.05) is 24.4 Å². The Morgan fingerprint density at radius 1 is 1.36 bits per heavy atom. The van der Waals surface area contributed by atoms with Gasteiger partial charge in [0.15, 0.2) is 6.54 Å². The van der Waals surface area contributed by atoms with Crippen LogP contribution in [0.1, 0.15) is 51.1 Å². The number of nitrogens with two attached hydrogens (primary N) is 1. The Bertz CT molecular complexity index is 521. The van der Waals surface area contributed by atoms with Gasteiger partial charge in [-0.25, -0.2) is 0 Å². The van der Waals surface area contributed by atoms with Crippen LogP contribution < -0.4 is 10.6 Å². The van der Waals surface area contributed by atoms with Crippen molar-refractivity contribution in [2.75, 3.05) is 6.54 Å². The maximum absolute atomic E-state index is 12.1. The molecule has 0 heterocycles. The minimum absolute atomic E-state index is 0.107. The van der Waals surface area contributed by atoms with E-state index in [9.17, 15) is 4.79 Å². The van der Waals surface area contributed by atoms with Crippen molar-refractivity contribution in [2.45, 2.75) is 51.6 Å². The van der Waals surface area contributed by atoms with Gasteiger partial charge in [0.25, 0.3) is 5.91 Å². The van der Waals surface area contributed by atoms with Crippen molar-refractivity contribution >= 4 is 29.1 Å². The number of halogens is 2. The van der Waals surface area contributed by atoms with Crippen molar-refractivity contribution in [3.05, 3.63) is 33.8 Å². The Hall–Kier alpha value is -0.770. The molecule has 1 aromatic rings. The van der Waals surface area contributed by atoms with Crippen molar-refractivity contribution in [1.29, 1.82) is 0 Å². The third-order valence-corrected chi connectivity index (χ3v) is 5.13. The molecular weight excluding hydrogens is 319 g/mol. The van der Waals surface area contributed by atoms with E-state index in [0.717, 1.165) is 12.0 Å². The van der Waals surface area contributed by atoms with Crippen LogP contribution in [0, 0.1) is 5.92 Å². The second-order valence-electron chi connectivity index (χ2n) is 6.33. The number of amides is 1. The molecule has 0 radical (unpaired) electrons. The first-order valence-corrected chi connectivity index (χ1v) is 8.80. The van der Waals surface area contributed by atoms with E-state index >= 15 is 0 Å². The van der Waals surface area contributed by atoms with E-state index in [4.69, 9.17) is 23.2 Å². The quantitative estimate of drug-likeness (QED) is 0.846. The molecule has 22 heavy (non-hydrogen) atoms. The molecule has 1 fully saturated rings. The fourth-order valence-electron chi connectivity index (χ4n) is 3.08. The molecule has 3 atom stereocenters. The summed E-state index contributed by atoms with van der Waals surface area (Å²) in [7, 11) is 0.